The van der Waals surface area contributed by atoms with Gasteiger partial charge in [0.2, 0.25) is 11.8 Å². The van der Waals surface area contributed by atoms with Gasteiger partial charge in [-0.15, -0.1) is 0 Å². The van der Waals surface area contributed by atoms with Gasteiger partial charge in [-0.3, -0.25) is 24.3 Å². The number of hydrogen-bond acceptors (Lipinski definition) is 11. The fourth-order valence-electron chi connectivity index (χ4n) is 4.16. The Morgan fingerprint density at radius 3 is 2.02 bits per heavy atom. The summed E-state index contributed by atoms with van der Waals surface area (Å²) in [7, 11) is -4.00. The fraction of sp³-hybridized carbons (Fsp3) is 0.640. The van der Waals surface area contributed by atoms with Crippen molar-refractivity contribution in [2.24, 2.45) is 0 Å². The van der Waals surface area contributed by atoms with Crippen LogP contribution in [0.4, 0.5) is 5.69 Å². The Bertz CT molecular complexity index is 1100. The van der Waals surface area contributed by atoms with Crippen LogP contribution in [0.1, 0.15) is 28.8 Å². The molecule has 3 rings (SSSR count). The molecule has 0 aromatic heterocycles. The Balaban J connectivity index is 1.17. The van der Waals surface area contributed by atoms with Crippen molar-refractivity contribution in [2.45, 2.75) is 25.4 Å². The quantitative estimate of drug-likeness (QED) is 0.104. The highest BCUT2D eigenvalue weighted by Gasteiger charge is 2.39. The first-order valence-electron chi connectivity index (χ1n) is 13.1. The normalized spacial score (nSPS) is 17.3. The number of anilines is 1. The molecule has 1 fully saturated rings. The number of nitrogens with one attached hydrogen (secondary N) is 2. The van der Waals surface area contributed by atoms with Crippen molar-refractivity contribution in [3.63, 3.8) is 0 Å². The lowest BCUT2D eigenvalue weighted by atomic mass is 10.0. The van der Waals surface area contributed by atoms with E-state index in [9.17, 15) is 22.8 Å². The van der Waals surface area contributed by atoms with E-state index in [1.807, 2.05) is 6.07 Å². The van der Waals surface area contributed by atoms with E-state index in [-0.39, 0.29) is 31.4 Å². The summed E-state index contributed by atoms with van der Waals surface area (Å²) in [4.78, 5) is 38.1. The van der Waals surface area contributed by atoms with Gasteiger partial charge < -0.3 is 33.9 Å². The van der Waals surface area contributed by atoms with E-state index < -0.39 is 27.8 Å². The molecule has 1 atom stereocenters. The van der Waals surface area contributed by atoms with E-state index in [1.165, 1.54) is 4.90 Å². The molecule has 14 nitrogen and oxygen atoms in total. The van der Waals surface area contributed by atoms with Crippen molar-refractivity contribution in [1.82, 2.24) is 10.2 Å². The molecule has 0 aliphatic carbocycles. The van der Waals surface area contributed by atoms with Crippen molar-refractivity contribution in [3.8, 4) is 0 Å². The summed E-state index contributed by atoms with van der Waals surface area (Å²) in [6.45, 7) is 4.10. The van der Waals surface area contributed by atoms with Gasteiger partial charge in [0.25, 0.3) is 16.0 Å². The van der Waals surface area contributed by atoms with E-state index >= 15 is 0 Å². The molecule has 40 heavy (non-hydrogen) atoms. The number of benzene rings is 1. The summed E-state index contributed by atoms with van der Waals surface area (Å²) in [5.41, 5.74) is 2.20. The Morgan fingerprint density at radius 1 is 0.875 bits per heavy atom. The third kappa shape index (κ3) is 10.7. The lowest BCUT2D eigenvalue weighted by Gasteiger charge is -2.29. The van der Waals surface area contributed by atoms with Crippen LogP contribution in [0.3, 0.4) is 0 Å². The zero-order valence-electron chi connectivity index (χ0n) is 22.3. The molecule has 0 radical (unpaired) electrons. The number of nitrogens with zero attached hydrogens (tertiary/aromatic N) is 1. The topological polar surface area (TPSA) is 179 Å². The molecule has 3 N–H and O–H groups in total. The summed E-state index contributed by atoms with van der Waals surface area (Å²) in [6, 6.07) is 4.78. The number of hydrogen-bond donors (Lipinski definition) is 3. The standard InChI is InChI=1S/C25H37N3O11S/c29-23-5-4-22(24(30)27-23)28-18-20-19(25(28)31)2-1-3-21(20)26-6-7-35-8-9-36-10-11-37-12-13-38-14-15-39-16-17-40(32,33)34/h1-3,22,26H,4-18H2,(H,27,29,30)(H,32,33,34). The molecule has 2 heterocycles. The second kappa shape index (κ2) is 16.6. The lowest BCUT2D eigenvalue weighted by molar-refractivity contribution is -0.136. The monoisotopic (exact) mass is 587 g/mol. The molecule has 1 aromatic rings. The van der Waals surface area contributed by atoms with Crippen LogP contribution in [0, 0.1) is 0 Å². The summed E-state index contributed by atoms with van der Waals surface area (Å²) in [5.74, 6) is -1.39. The highest BCUT2D eigenvalue weighted by Crippen LogP contribution is 2.32. The molecule has 224 valence electrons. The van der Waals surface area contributed by atoms with E-state index in [0.29, 0.717) is 77.9 Å². The molecule has 0 bridgehead atoms. The predicted molar refractivity (Wildman–Crippen MR) is 141 cm³/mol. The van der Waals surface area contributed by atoms with E-state index in [4.69, 9.17) is 28.2 Å². The smallest absolute Gasteiger partial charge is 0.267 e. The van der Waals surface area contributed by atoms with Crippen LogP contribution in [0.5, 0.6) is 0 Å². The Kier molecular flexibility index (Phi) is 13.2. The molecule has 2 aliphatic rings. The first-order chi connectivity index (χ1) is 19.3. The maximum Gasteiger partial charge on any atom is 0.267 e. The van der Waals surface area contributed by atoms with Gasteiger partial charge in [0.05, 0.1) is 71.8 Å². The minimum Gasteiger partial charge on any atom is -0.382 e. The maximum atomic E-state index is 12.9. The molecule has 1 unspecified atom stereocenters. The molecule has 3 amide bonds. The first kappa shape index (κ1) is 31.9. The minimum absolute atomic E-state index is 0.0831. The van der Waals surface area contributed by atoms with Crippen molar-refractivity contribution < 1.29 is 51.0 Å². The number of amides is 3. The van der Waals surface area contributed by atoms with E-state index in [1.54, 1.807) is 12.1 Å². The number of piperidine rings is 1. The minimum atomic E-state index is -4.00. The molecule has 1 aromatic carbocycles. The molecule has 1 saturated heterocycles. The van der Waals surface area contributed by atoms with Gasteiger partial charge in [-0.25, -0.2) is 0 Å². The average Bonchev–Trinajstić information content (AvgIpc) is 3.24. The average molecular weight is 588 g/mol. The highest BCUT2D eigenvalue weighted by molar-refractivity contribution is 7.85. The van der Waals surface area contributed by atoms with Gasteiger partial charge in [0.15, 0.2) is 0 Å². The van der Waals surface area contributed by atoms with Gasteiger partial charge in [0.1, 0.15) is 6.04 Å². The molecule has 2 aliphatic heterocycles. The molecular formula is C25H37N3O11S. The van der Waals surface area contributed by atoms with Gasteiger partial charge in [-0.05, 0) is 18.6 Å². The Morgan fingerprint density at radius 2 is 1.45 bits per heavy atom. The Labute approximate surface area is 233 Å². The number of ether oxygens (including phenoxy) is 5. The summed E-state index contributed by atoms with van der Waals surface area (Å²) in [6.07, 6.45) is 0.541. The van der Waals surface area contributed by atoms with Gasteiger partial charge in [-0.1, -0.05) is 6.07 Å². The number of imide groups is 1. The van der Waals surface area contributed by atoms with Crippen molar-refractivity contribution in [2.75, 3.05) is 83.7 Å². The van der Waals surface area contributed by atoms with Crippen molar-refractivity contribution >= 4 is 33.5 Å². The zero-order chi connectivity index (χ0) is 28.8. The zero-order valence-corrected chi connectivity index (χ0v) is 23.1. The second-order valence-electron chi connectivity index (χ2n) is 9.01. The number of carbonyl (C=O) groups excluding carboxylic acids is 3. The van der Waals surface area contributed by atoms with Gasteiger partial charge in [0, 0.05) is 36.3 Å². The summed E-state index contributed by atoms with van der Waals surface area (Å²) >= 11 is 0. The summed E-state index contributed by atoms with van der Waals surface area (Å²) in [5, 5.41) is 5.60. The predicted octanol–water partition coefficient (Wildman–Crippen LogP) is -0.170. The largest absolute Gasteiger partial charge is 0.382 e. The third-order valence-corrected chi connectivity index (χ3v) is 6.80. The van der Waals surface area contributed by atoms with Crippen LogP contribution in [0.15, 0.2) is 18.2 Å². The van der Waals surface area contributed by atoms with Crippen LogP contribution in [-0.2, 0) is 49.9 Å². The van der Waals surface area contributed by atoms with E-state index in [0.717, 1.165) is 11.3 Å². The lowest BCUT2D eigenvalue weighted by Crippen LogP contribution is -2.52. The third-order valence-electron chi connectivity index (χ3n) is 6.12. The van der Waals surface area contributed by atoms with Crippen LogP contribution in [-0.4, -0.2) is 120 Å². The maximum absolute atomic E-state index is 12.9. The second-order valence-corrected chi connectivity index (χ2v) is 10.6. The SMILES string of the molecule is O=C1CCC(N2Cc3c(NCCOCCOCCOCCOCCOCCS(=O)(=O)O)cccc3C2=O)C(=O)N1. The number of fused-ring (bicyclic) bond motifs is 1. The van der Waals surface area contributed by atoms with E-state index in [2.05, 4.69) is 10.6 Å². The fourth-order valence-corrected chi connectivity index (χ4v) is 4.48. The summed E-state index contributed by atoms with van der Waals surface area (Å²) < 4.78 is 56.3. The molecular weight excluding hydrogens is 550 g/mol. The van der Waals surface area contributed by atoms with Gasteiger partial charge >= 0.3 is 0 Å². The highest BCUT2D eigenvalue weighted by atomic mass is 32.2. The first-order valence-corrected chi connectivity index (χ1v) is 14.7. The van der Waals surface area contributed by atoms with Gasteiger partial charge in [-0.2, -0.15) is 8.42 Å². The van der Waals surface area contributed by atoms with Crippen molar-refractivity contribution in [3.05, 3.63) is 29.3 Å². The molecule has 15 heteroatoms. The number of carbonyl (C=O) groups is 3. The number of rotatable bonds is 20. The van der Waals surface area contributed by atoms with Crippen LogP contribution in [0.2, 0.25) is 0 Å². The Hall–Kier alpha value is -2.66. The molecule has 0 spiro atoms. The van der Waals surface area contributed by atoms with Crippen molar-refractivity contribution in [1.29, 1.82) is 0 Å². The van der Waals surface area contributed by atoms with Crippen LogP contribution in [0.25, 0.3) is 0 Å². The molecule has 0 saturated carbocycles. The van der Waals surface area contributed by atoms with Crippen LogP contribution >= 0.6 is 0 Å². The van der Waals surface area contributed by atoms with Crippen LogP contribution < -0.4 is 10.6 Å².